The van der Waals surface area contributed by atoms with Crippen molar-refractivity contribution in [3.05, 3.63) is 102 Å². The Balaban J connectivity index is 0.00000363. The van der Waals surface area contributed by atoms with Crippen LogP contribution in [0.3, 0.4) is 0 Å². The summed E-state index contributed by atoms with van der Waals surface area (Å²) >= 11 is 0. The summed E-state index contributed by atoms with van der Waals surface area (Å²) in [6.07, 6.45) is 0. The zero-order valence-corrected chi connectivity index (χ0v) is 19.3. The minimum absolute atomic E-state index is 0. The van der Waals surface area contributed by atoms with Crippen LogP contribution >= 0.6 is 12.4 Å². The Morgan fingerprint density at radius 3 is 1.75 bits per heavy atom. The molecule has 0 fully saturated rings. The normalized spacial score (nSPS) is 11.0. The summed E-state index contributed by atoms with van der Waals surface area (Å²) in [7, 11) is 3.87. The fourth-order valence-corrected chi connectivity index (χ4v) is 3.27. The van der Waals surface area contributed by atoms with E-state index in [1.54, 1.807) is 0 Å². The quantitative estimate of drug-likeness (QED) is 0.313. The van der Waals surface area contributed by atoms with Crippen LogP contribution in [0.15, 0.2) is 91.0 Å². The SMILES string of the molecule is CN(C)CCOC(=O)C(OCCOc1ccccc1)(c1ccccc1)c1ccccc1.Cl. The Morgan fingerprint density at radius 2 is 1.25 bits per heavy atom. The van der Waals surface area contributed by atoms with E-state index < -0.39 is 11.6 Å². The molecule has 5 nitrogen and oxygen atoms in total. The largest absolute Gasteiger partial charge is 0.491 e. The summed E-state index contributed by atoms with van der Waals surface area (Å²) in [4.78, 5) is 15.5. The zero-order valence-electron chi connectivity index (χ0n) is 18.5. The number of halogens is 1. The van der Waals surface area contributed by atoms with Crippen molar-refractivity contribution in [2.24, 2.45) is 0 Å². The summed E-state index contributed by atoms with van der Waals surface area (Å²) < 4.78 is 17.8. The van der Waals surface area contributed by atoms with Gasteiger partial charge in [-0.3, -0.25) is 0 Å². The third-order valence-electron chi connectivity index (χ3n) is 4.83. The molecule has 3 aromatic carbocycles. The first-order valence-electron chi connectivity index (χ1n) is 10.4. The zero-order chi connectivity index (χ0) is 21.9. The number of benzene rings is 3. The number of hydrogen-bond donors (Lipinski definition) is 0. The van der Waals surface area contributed by atoms with E-state index in [-0.39, 0.29) is 25.6 Å². The molecule has 0 heterocycles. The van der Waals surface area contributed by atoms with Gasteiger partial charge < -0.3 is 19.1 Å². The van der Waals surface area contributed by atoms with E-state index in [4.69, 9.17) is 14.2 Å². The Hall–Kier alpha value is -2.86. The fraction of sp³-hybridized carbons (Fsp3) is 0.269. The number of nitrogens with zero attached hydrogens (tertiary/aromatic N) is 1. The van der Waals surface area contributed by atoms with Gasteiger partial charge in [-0.25, -0.2) is 4.79 Å². The molecule has 0 aromatic heterocycles. The van der Waals surface area contributed by atoms with Gasteiger partial charge in [-0.15, -0.1) is 12.4 Å². The van der Waals surface area contributed by atoms with E-state index in [0.717, 1.165) is 16.9 Å². The second kappa shape index (κ2) is 12.9. The number of carbonyl (C=O) groups is 1. The summed E-state index contributed by atoms with van der Waals surface area (Å²) in [6.45, 7) is 1.41. The van der Waals surface area contributed by atoms with Gasteiger partial charge in [0.25, 0.3) is 0 Å². The molecule has 6 heteroatoms. The molecule has 0 aliphatic rings. The van der Waals surface area contributed by atoms with Crippen LogP contribution in [-0.2, 0) is 19.9 Å². The van der Waals surface area contributed by atoms with E-state index in [0.29, 0.717) is 13.2 Å². The van der Waals surface area contributed by atoms with E-state index in [1.165, 1.54) is 0 Å². The monoisotopic (exact) mass is 455 g/mol. The maximum Gasteiger partial charge on any atom is 0.347 e. The van der Waals surface area contributed by atoms with Crippen molar-refractivity contribution in [3.63, 3.8) is 0 Å². The van der Waals surface area contributed by atoms with E-state index >= 15 is 0 Å². The lowest BCUT2D eigenvalue weighted by atomic mass is 9.86. The van der Waals surface area contributed by atoms with Gasteiger partial charge in [-0.1, -0.05) is 78.9 Å². The molecule has 0 aliphatic carbocycles. The molecular formula is C26H30ClNO4. The molecule has 0 atom stereocenters. The van der Waals surface area contributed by atoms with E-state index in [2.05, 4.69) is 0 Å². The lowest BCUT2D eigenvalue weighted by molar-refractivity contribution is -0.169. The Kier molecular flexibility index (Phi) is 10.2. The van der Waals surface area contributed by atoms with Crippen molar-refractivity contribution in [2.75, 3.05) is 40.5 Å². The molecule has 0 unspecified atom stereocenters. The Labute approximate surface area is 196 Å². The number of ether oxygens (including phenoxy) is 3. The van der Waals surface area contributed by atoms with Crippen LogP contribution in [0, 0.1) is 0 Å². The fourth-order valence-electron chi connectivity index (χ4n) is 3.27. The van der Waals surface area contributed by atoms with E-state index in [1.807, 2.05) is 110 Å². The molecule has 3 aromatic rings. The van der Waals surface area contributed by atoms with Crippen LogP contribution in [-0.4, -0.2) is 51.3 Å². The van der Waals surface area contributed by atoms with Crippen LogP contribution in [0.25, 0.3) is 0 Å². The topological polar surface area (TPSA) is 48.0 Å². The minimum atomic E-state index is -1.38. The van der Waals surface area contributed by atoms with Crippen LogP contribution in [0.1, 0.15) is 11.1 Å². The highest BCUT2D eigenvalue weighted by Crippen LogP contribution is 2.35. The van der Waals surface area contributed by atoms with Gasteiger partial charge in [0.05, 0.1) is 6.61 Å². The minimum Gasteiger partial charge on any atom is -0.491 e. The number of likely N-dealkylation sites (N-methyl/N-ethyl adjacent to an activating group) is 1. The van der Waals surface area contributed by atoms with Crippen molar-refractivity contribution in [2.45, 2.75) is 5.60 Å². The van der Waals surface area contributed by atoms with Gasteiger partial charge in [0.1, 0.15) is 19.0 Å². The molecule has 0 N–H and O–H groups in total. The number of para-hydroxylation sites is 1. The molecule has 0 spiro atoms. The van der Waals surface area contributed by atoms with Crippen molar-refractivity contribution in [1.29, 1.82) is 0 Å². The van der Waals surface area contributed by atoms with Crippen molar-refractivity contribution in [3.8, 4) is 5.75 Å². The Bertz CT molecular complexity index is 881. The summed E-state index contributed by atoms with van der Waals surface area (Å²) in [5.41, 5.74) is 0.0565. The highest BCUT2D eigenvalue weighted by molar-refractivity contribution is 5.86. The maximum atomic E-state index is 13.5. The smallest absolute Gasteiger partial charge is 0.347 e. The van der Waals surface area contributed by atoms with Crippen LogP contribution < -0.4 is 4.74 Å². The highest BCUT2D eigenvalue weighted by atomic mass is 35.5. The molecule has 0 radical (unpaired) electrons. The molecule has 0 aliphatic heterocycles. The number of carbonyl (C=O) groups excluding carboxylic acids is 1. The number of hydrogen-bond acceptors (Lipinski definition) is 5. The number of esters is 1. The molecule has 0 amide bonds. The third kappa shape index (κ3) is 6.57. The first-order valence-corrected chi connectivity index (χ1v) is 10.4. The van der Waals surface area contributed by atoms with Crippen molar-refractivity contribution < 1.29 is 19.0 Å². The molecule has 170 valence electrons. The average Bonchev–Trinajstić information content (AvgIpc) is 2.81. The Morgan fingerprint density at radius 1 is 0.750 bits per heavy atom. The van der Waals surface area contributed by atoms with Crippen LogP contribution in [0.2, 0.25) is 0 Å². The van der Waals surface area contributed by atoms with Gasteiger partial charge in [-0.2, -0.15) is 0 Å². The summed E-state index contributed by atoms with van der Waals surface area (Å²) in [5, 5.41) is 0. The predicted octanol–water partition coefficient (Wildman–Crippen LogP) is 4.55. The van der Waals surface area contributed by atoms with Gasteiger partial charge in [-0.05, 0) is 37.4 Å². The molecular weight excluding hydrogens is 426 g/mol. The third-order valence-corrected chi connectivity index (χ3v) is 4.83. The average molecular weight is 456 g/mol. The maximum absolute atomic E-state index is 13.5. The molecule has 32 heavy (non-hydrogen) atoms. The first-order chi connectivity index (χ1) is 15.1. The standard InChI is InChI=1S/C26H29NO4.ClH/c1-27(2)18-19-30-25(28)26(22-12-6-3-7-13-22,23-14-8-4-9-15-23)31-21-20-29-24-16-10-5-11-17-24;/h3-17H,18-21H2,1-2H3;1H. The van der Waals surface area contributed by atoms with Crippen molar-refractivity contribution >= 4 is 18.4 Å². The molecule has 0 bridgehead atoms. The van der Waals surface area contributed by atoms with E-state index in [9.17, 15) is 4.79 Å². The highest BCUT2D eigenvalue weighted by Gasteiger charge is 2.45. The van der Waals surface area contributed by atoms with Gasteiger partial charge in [0, 0.05) is 6.54 Å². The van der Waals surface area contributed by atoms with Gasteiger partial charge >= 0.3 is 5.97 Å². The van der Waals surface area contributed by atoms with Gasteiger partial charge in [0.2, 0.25) is 5.60 Å². The second-order valence-corrected chi connectivity index (χ2v) is 7.36. The predicted molar refractivity (Wildman–Crippen MR) is 128 cm³/mol. The molecule has 3 rings (SSSR count). The summed E-state index contributed by atoms with van der Waals surface area (Å²) in [5.74, 6) is 0.316. The lowest BCUT2D eigenvalue weighted by Gasteiger charge is -2.33. The van der Waals surface area contributed by atoms with Gasteiger partial charge in [0.15, 0.2) is 0 Å². The van der Waals surface area contributed by atoms with Crippen LogP contribution in [0.4, 0.5) is 0 Å². The molecule has 0 saturated carbocycles. The van der Waals surface area contributed by atoms with Crippen LogP contribution in [0.5, 0.6) is 5.75 Å². The molecule has 0 saturated heterocycles. The number of rotatable bonds is 11. The van der Waals surface area contributed by atoms with Crippen molar-refractivity contribution in [1.82, 2.24) is 4.90 Å². The second-order valence-electron chi connectivity index (χ2n) is 7.36. The lowest BCUT2D eigenvalue weighted by Crippen LogP contribution is -2.43. The summed E-state index contributed by atoms with van der Waals surface area (Å²) in [6, 6.07) is 28.5. The first kappa shape index (κ1) is 25.4.